The van der Waals surface area contributed by atoms with Crippen molar-refractivity contribution in [2.45, 2.75) is 52.7 Å². The van der Waals surface area contributed by atoms with Crippen LogP contribution in [-0.4, -0.2) is 50.7 Å². The van der Waals surface area contributed by atoms with E-state index in [0.29, 0.717) is 24.8 Å². The van der Waals surface area contributed by atoms with Gasteiger partial charge in [0.1, 0.15) is 11.4 Å². The summed E-state index contributed by atoms with van der Waals surface area (Å²) in [4.78, 5) is 11.9. The van der Waals surface area contributed by atoms with Gasteiger partial charge in [0.2, 0.25) is 5.95 Å². The third-order valence-corrected chi connectivity index (χ3v) is 6.77. The van der Waals surface area contributed by atoms with Crippen molar-refractivity contribution in [3.8, 4) is 5.75 Å². The Bertz CT molecular complexity index is 1280. The molecule has 1 saturated heterocycles. The van der Waals surface area contributed by atoms with Crippen LogP contribution in [0, 0.1) is 6.92 Å². The molecule has 36 heavy (non-hydrogen) atoms. The van der Waals surface area contributed by atoms with Gasteiger partial charge in [0.15, 0.2) is 0 Å². The number of anilines is 1. The fourth-order valence-corrected chi connectivity index (χ4v) is 4.50. The van der Waals surface area contributed by atoms with E-state index in [2.05, 4.69) is 69.1 Å². The van der Waals surface area contributed by atoms with Crippen LogP contribution in [0.3, 0.4) is 0 Å². The largest absolute Gasteiger partial charge is 0.506 e. The summed E-state index contributed by atoms with van der Waals surface area (Å²) in [6.07, 6.45) is 8.15. The average molecular weight is 487 g/mol. The van der Waals surface area contributed by atoms with Gasteiger partial charge >= 0.3 is 0 Å². The lowest BCUT2D eigenvalue weighted by atomic mass is 10.1. The Hall–Kier alpha value is -3.58. The van der Waals surface area contributed by atoms with Gasteiger partial charge in [-0.25, -0.2) is 4.98 Å². The lowest BCUT2D eigenvalue weighted by Gasteiger charge is -2.29. The average Bonchev–Trinajstić information content (AvgIpc) is 3.21. The third-order valence-electron chi connectivity index (χ3n) is 6.77. The molecule has 7 nitrogen and oxygen atoms in total. The van der Waals surface area contributed by atoms with Crippen LogP contribution in [0.1, 0.15) is 43.6 Å². The Morgan fingerprint density at radius 1 is 1.19 bits per heavy atom. The summed E-state index contributed by atoms with van der Waals surface area (Å²) in [5.41, 5.74) is 6.79. The highest BCUT2D eigenvalue weighted by Crippen LogP contribution is 2.26. The predicted octanol–water partition coefficient (Wildman–Crippen LogP) is 5.13. The standard InChI is InChI=1S/C29H38N6O/c1-6-20(3)16-23(7-2)30-18-22-9-10-25-27(17-22)35(19-26-28(36)11-8-21(4)31-26)29(33-25)32-24-12-14-34(5)15-13-24/h6-11,16-17,24,30,36H,1,12-15,18-19H2,2-5H3,(H,32,33). The highest BCUT2D eigenvalue weighted by atomic mass is 16.3. The maximum absolute atomic E-state index is 10.5. The zero-order valence-corrected chi connectivity index (χ0v) is 21.9. The Kier molecular flexibility index (Phi) is 8.10. The van der Waals surface area contributed by atoms with Gasteiger partial charge in [0.05, 0.1) is 17.6 Å². The van der Waals surface area contributed by atoms with Crippen LogP contribution in [0.4, 0.5) is 5.95 Å². The number of imidazole rings is 1. The maximum atomic E-state index is 10.5. The predicted molar refractivity (Wildman–Crippen MR) is 148 cm³/mol. The number of fused-ring (bicyclic) bond motifs is 1. The summed E-state index contributed by atoms with van der Waals surface area (Å²) in [6.45, 7) is 13.1. The lowest BCUT2D eigenvalue weighted by Crippen LogP contribution is -2.37. The van der Waals surface area contributed by atoms with Crippen molar-refractivity contribution in [2.75, 3.05) is 25.5 Å². The van der Waals surface area contributed by atoms with E-state index in [1.54, 1.807) is 6.07 Å². The quantitative estimate of drug-likeness (QED) is 0.364. The van der Waals surface area contributed by atoms with Crippen molar-refractivity contribution in [1.82, 2.24) is 24.8 Å². The molecular formula is C29H38N6O. The van der Waals surface area contributed by atoms with Crippen LogP contribution in [0.25, 0.3) is 11.0 Å². The highest BCUT2D eigenvalue weighted by molar-refractivity contribution is 5.79. The first kappa shape index (κ1) is 25.5. The second-order valence-electron chi connectivity index (χ2n) is 9.68. The number of benzene rings is 1. The second-order valence-corrected chi connectivity index (χ2v) is 9.68. The molecule has 0 radical (unpaired) electrons. The van der Waals surface area contributed by atoms with Crippen molar-refractivity contribution in [3.05, 3.63) is 83.4 Å². The summed E-state index contributed by atoms with van der Waals surface area (Å²) in [7, 11) is 2.17. The van der Waals surface area contributed by atoms with E-state index in [0.717, 1.165) is 65.4 Å². The fourth-order valence-electron chi connectivity index (χ4n) is 4.50. The van der Waals surface area contributed by atoms with Gasteiger partial charge in [-0.1, -0.05) is 24.8 Å². The minimum Gasteiger partial charge on any atom is -0.506 e. The number of hydrogen-bond acceptors (Lipinski definition) is 6. The van der Waals surface area contributed by atoms with E-state index < -0.39 is 0 Å². The maximum Gasteiger partial charge on any atom is 0.204 e. The zero-order valence-electron chi connectivity index (χ0n) is 21.9. The monoisotopic (exact) mass is 486 g/mol. The lowest BCUT2D eigenvalue weighted by molar-refractivity contribution is 0.263. The van der Waals surface area contributed by atoms with E-state index in [4.69, 9.17) is 4.98 Å². The number of rotatable bonds is 9. The summed E-state index contributed by atoms with van der Waals surface area (Å²) in [6, 6.07) is 10.3. The molecule has 4 rings (SSSR count). The number of allylic oxidation sites excluding steroid dienone is 4. The first-order valence-corrected chi connectivity index (χ1v) is 12.7. The van der Waals surface area contributed by atoms with Gasteiger partial charge < -0.3 is 25.2 Å². The molecule has 0 aliphatic carbocycles. The molecule has 1 aromatic carbocycles. The molecule has 7 heteroatoms. The van der Waals surface area contributed by atoms with Crippen LogP contribution in [0.5, 0.6) is 5.75 Å². The van der Waals surface area contributed by atoms with E-state index in [-0.39, 0.29) is 5.75 Å². The number of nitrogens with zero attached hydrogens (tertiary/aromatic N) is 4. The van der Waals surface area contributed by atoms with E-state index >= 15 is 0 Å². The van der Waals surface area contributed by atoms with Gasteiger partial charge in [-0.15, -0.1) is 0 Å². The van der Waals surface area contributed by atoms with Crippen molar-refractivity contribution in [2.24, 2.45) is 0 Å². The normalized spacial score (nSPS) is 15.9. The van der Waals surface area contributed by atoms with Gasteiger partial charge in [-0.05, 0) is 95.2 Å². The van der Waals surface area contributed by atoms with Crippen LogP contribution in [0.2, 0.25) is 0 Å². The Morgan fingerprint density at radius 3 is 2.69 bits per heavy atom. The van der Waals surface area contributed by atoms with Crippen LogP contribution in [-0.2, 0) is 13.1 Å². The highest BCUT2D eigenvalue weighted by Gasteiger charge is 2.21. The topological polar surface area (TPSA) is 78.2 Å². The van der Waals surface area contributed by atoms with Crippen LogP contribution in [0.15, 0.2) is 66.4 Å². The van der Waals surface area contributed by atoms with E-state index in [1.807, 2.05) is 32.9 Å². The van der Waals surface area contributed by atoms with Gasteiger partial charge in [-0.3, -0.25) is 4.98 Å². The van der Waals surface area contributed by atoms with Crippen molar-refractivity contribution >= 4 is 17.0 Å². The number of likely N-dealkylation sites (tertiary alicyclic amines) is 1. The molecule has 0 atom stereocenters. The number of aromatic hydroxyl groups is 1. The molecule has 3 N–H and O–H groups in total. The molecule has 3 aromatic rings. The van der Waals surface area contributed by atoms with E-state index in [1.165, 1.54) is 0 Å². The number of pyridine rings is 1. The molecular weight excluding hydrogens is 448 g/mol. The number of piperidine rings is 1. The Labute approximate surface area is 214 Å². The molecule has 0 spiro atoms. The molecule has 1 aliphatic heterocycles. The first-order chi connectivity index (χ1) is 17.4. The minimum absolute atomic E-state index is 0.201. The van der Waals surface area contributed by atoms with Crippen molar-refractivity contribution < 1.29 is 5.11 Å². The first-order valence-electron chi connectivity index (χ1n) is 12.7. The molecule has 0 saturated carbocycles. The van der Waals surface area contributed by atoms with Gasteiger partial charge in [0.25, 0.3) is 0 Å². The van der Waals surface area contributed by atoms with E-state index in [9.17, 15) is 5.11 Å². The zero-order chi connectivity index (χ0) is 25.7. The minimum atomic E-state index is 0.201. The Morgan fingerprint density at radius 2 is 1.97 bits per heavy atom. The van der Waals surface area contributed by atoms with Crippen molar-refractivity contribution in [1.29, 1.82) is 0 Å². The summed E-state index contributed by atoms with van der Waals surface area (Å²) in [5, 5.41) is 17.7. The third kappa shape index (κ3) is 6.15. The molecule has 3 heterocycles. The fraction of sp³-hybridized carbons (Fsp3) is 0.379. The molecule has 0 bridgehead atoms. The number of aromatic nitrogens is 3. The molecule has 1 aliphatic rings. The Balaban J connectivity index is 1.66. The summed E-state index contributed by atoms with van der Waals surface area (Å²) in [5.74, 6) is 1.03. The molecule has 0 amide bonds. The SMILES string of the molecule is C=CC(C)=CC(=CC)NCc1ccc2nc(NC3CCN(C)CC3)n(Cc3nc(C)ccc3O)c2c1. The molecule has 0 unspecified atom stereocenters. The molecule has 190 valence electrons. The summed E-state index contributed by atoms with van der Waals surface area (Å²) >= 11 is 0. The molecule has 2 aromatic heterocycles. The number of aryl methyl sites for hydroxylation is 1. The smallest absolute Gasteiger partial charge is 0.204 e. The van der Waals surface area contributed by atoms with Gasteiger partial charge in [-0.2, -0.15) is 0 Å². The summed E-state index contributed by atoms with van der Waals surface area (Å²) < 4.78 is 2.15. The molecule has 1 fully saturated rings. The number of hydrogen-bond donors (Lipinski definition) is 3. The second kappa shape index (κ2) is 11.4. The van der Waals surface area contributed by atoms with Crippen LogP contribution < -0.4 is 10.6 Å². The van der Waals surface area contributed by atoms with Gasteiger partial charge in [0, 0.05) is 24.0 Å². The van der Waals surface area contributed by atoms with Crippen LogP contribution >= 0.6 is 0 Å². The van der Waals surface area contributed by atoms with Crippen molar-refractivity contribution in [3.63, 3.8) is 0 Å². The number of nitrogens with one attached hydrogen (secondary N) is 2.